The Morgan fingerprint density at radius 2 is 1.88 bits per heavy atom. The van der Waals surface area contributed by atoms with Gasteiger partial charge in [-0.2, -0.15) is 4.98 Å². The van der Waals surface area contributed by atoms with E-state index in [-0.39, 0.29) is 6.03 Å². The number of benzene rings is 2. The first kappa shape index (κ1) is 17.5. The first-order valence-electron chi connectivity index (χ1n) is 8.19. The van der Waals surface area contributed by atoms with Crippen LogP contribution in [0.5, 0.6) is 5.75 Å². The van der Waals surface area contributed by atoms with Crippen molar-refractivity contribution < 1.29 is 14.1 Å². The Morgan fingerprint density at radius 1 is 1.15 bits per heavy atom. The van der Waals surface area contributed by atoms with Gasteiger partial charge in [0.25, 0.3) is 5.89 Å². The van der Waals surface area contributed by atoms with Gasteiger partial charge in [0.2, 0.25) is 0 Å². The number of aryl methyl sites for hydroxylation is 1. The van der Waals surface area contributed by atoms with Gasteiger partial charge in [-0.15, -0.1) is 0 Å². The Labute approximate surface area is 151 Å². The van der Waals surface area contributed by atoms with Crippen LogP contribution in [0.25, 0.3) is 0 Å². The molecule has 7 nitrogen and oxygen atoms in total. The average Bonchev–Trinajstić information content (AvgIpc) is 3.11. The fourth-order valence-corrected chi connectivity index (χ4v) is 2.57. The van der Waals surface area contributed by atoms with E-state index in [2.05, 4.69) is 20.8 Å². The van der Waals surface area contributed by atoms with Gasteiger partial charge in [-0.3, -0.25) is 0 Å². The second-order valence-electron chi connectivity index (χ2n) is 5.66. The number of hydrogen-bond donors (Lipinski definition) is 2. The van der Waals surface area contributed by atoms with E-state index in [0.29, 0.717) is 18.3 Å². The third kappa shape index (κ3) is 4.18. The normalized spacial score (nSPS) is 11.6. The number of hydrogen-bond acceptors (Lipinski definition) is 5. The molecular formula is C19H20N4O3. The number of urea groups is 1. The van der Waals surface area contributed by atoms with Crippen molar-refractivity contribution in [3.63, 3.8) is 0 Å². The minimum Gasteiger partial charge on any atom is -0.496 e. The molecule has 134 valence electrons. The summed E-state index contributed by atoms with van der Waals surface area (Å²) in [4.78, 5) is 16.7. The Hall–Kier alpha value is -3.35. The van der Waals surface area contributed by atoms with E-state index in [9.17, 15) is 4.79 Å². The van der Waals surface area contributed by atoms with E-state index in [1.54, 1.807) is 14.0 Å². The van der Waals surface area contributed by atoms with Crippen LogP contribution in [-0.2, 0) is 6.54 Å². The van der Waals surface area contributed by atoms with Crippen LogP contribution < -0.4 is 15.4 Å². The molecule has 0 saturated heterocycles. The van der Waals surface area contributed by atoms with Gasteiger partial charge in [0.1, 0.15) is 11.8 Å². The van der Waals surface area contributed by atoms with Gasteiger partial charge in [0, 0.05) is 12.1 Å². The molecule has 0 aliphatic carbocycles. The number of nitrogens with zero attached hydrogens (tertiary/aromatic N) is 2. The molecule has 0 aliphatic heterocycles. The van der Waals surface area contributed by atoms with Crippen LogP contribution in [-0.4, -0.2) is 23.3 Å². The zero-order valence-electron chi connectivity index (χ0n) is 14.6. The van der Waals surface area contributed by atoms with Crippen molar-refractivity contribution in [2.24, 2.45) is 0 Å². The molecule has 2 amide bonds. The van der Waals surface area contributed by atoms with E-state index in [4.69, 9.17) is 9.26 Å². The quantitative estimate of drug-likeness (QED) is 0.712. The molecule has 0 bridgehead atoms. The van der Waals surface area contributed by atoms with Crippen LogP contribution in [0.1, 0.15) is 28.9 Å². The summed E-state index contributed by atoms with van der Waals surface area (Å²) in [7, 11) is 1.60. The fourth-order valence-electron chi connectivity index (χ4n) is 2.57. The van der Waals surface area contributed by atoms with E-state index in [1.807, 2.05) is 54.6 Å². The molecule has 26 heavy (non-hydrogen) atoms. The molecule has 0 radical (unpaired) electrons. The number of amides is 2. The molecule has 1 atom stereocenters. The van der Waals surface area contributed by atoms with Gasteiger partial charge in [-0.25, -0.2) is 4.79 Å². The Bertz CT molecular complexity index is 864. The highest BCUT2D eigenvalue weighted by Gasteiger charge is 2.22. The van der Waals surface area contributed by atoms with Gasteiger partial charge in [-0.05, 0) is 18.6 Å². The highest BCUT2D eigenvalue weighted by Crippen LogP contribution is 2.20. The summed E-state index contributed by atoms with van der Waals surface area (Å²) < 4.78 is 10.6. The summed E-state index contributed by atoms with van der Waals surface area (Å²) >= 11 is 0. The standard InChI is InChI=1S/C19H20N4O3/c1-13-21-18(26-23-13)17(14-8-4-3-5-9-14)22-19(24)20-12-15-10-6-7-11-16(15)25-2/h3-11,17H,12H2,1-2H3,(H2,20,22,24)/t17-/m1/s1. The van der Waals surface area contributed by atoms with E-state index in [1.165, 1.54) is 0 Å². The van der Waals surface area contributed by atoms with E-state index >= 15 is 0 Å². The van der Waals surface area contributed by atoms with Crippen molar-refractivity contribution in [3.8, 4) is 5.75 Å². The predicted molar refractivity (Wildman–Crippen MR) is 95.7 cm³/mol. The van der Waals surface area contributed by atoms with Crippen LogP contribution in [0.4, 0.5) is 4.79 Å². The van der Waals surface area contributed by atoms with E-state index < -0.39 is 6.04 Å². The molecule has 2 aromatic carbocycles. The Kier molecular flexibility index (Phi) is 5.48. The summed E-state index contributed by atoms with van der Waals surface area (Å²) in [5.74, 6) is 1.57. The van der Waals surface area contributed by atoms with Crippen LogP contribution in [0.3, 0.4) is 0 Å². The smallest absolute Gasteiger partial charge is 0.315 e. The molecule has 0 fully saturated rings. The Balaban J connectivity index is 1.71. The number of carbonyl (C=O) groups is 1. The van der Waals surface area contributed by atoms with Crippen LogP contribution >= 0.6 is 0 Å². The summed E-state index contributed by atoms with van der Waals surface area (Å²) in [5, 5.41) is 9.53. The number of methoxy groups -OCH3 is 1. The summed E-state index contributed by atoms with van der Waals surface area (Å²) in [6.07, 6.45) is 0. The first-order valence-corrected chi connectivity index (χ1v) is 8.19. The van der Waals surface area contributed by atoms with Crippen LogP contribution in [0.15, 0.2) is 59.1 Å². The number of ether oxygens (including phenoxy) is 1. The van der Waals surface area contributed by atoms with Gasteiger partial charge in [0.15, 0.2) is 5.82 Å². The predicted octanol–water partition coefficient (Wildman–Crippen LogP) is 2.98. The minimum absolute atomic E-state index is 0.334. The number of carbonyl (C=O) groups excluding carboxylic acids is 1. The lowest BCUT2D eigenvalue weighted by atomic mass is 10.1. The summed E-state index contributed by atoms with van der Waals surface area (Å²) in [6.45, 7) is 2.07. The number of nitrogens with one attached hydrogen (secondary N) is 2. The van der Waals surface area contributed by atoms with Gasteiger partial charge >= 0.3 is 6.03 Å². The molecule has 7 heteroatoms. The molecule has 1 heterocycles. The van der Waals surface area contributed by atoms with Gasteiger partial charge < -0.3 is 19.9 Å². The zero-order chi connectivity index (χ0) is 18.4. The topological polar surface area (TPSA) is 89.3 Å². The van der Waals surface area contributed by atoms with Crippen molar-refractivity contribution in [2.45, 2.75) is 19.5 Å². The second kappa shape index (κ2) is 8.15. The monoisotopic (exact) mass is 352 g/mol. The van der Waals surface area contributed by atoms with Crippen molar-refractivity contribution in [2.75, 3.05) is 7.11 Å². The maximum absolute atomic E-state index is 12.4. The first-order chi connectivity index (χ1) is 12.7. The molecule has 3 aromatic rings. The molecule has 0 aliphatic rings. The maximum atomic E-state index is 12.4. The lowest BCUT2D eigenvalue weighted by Gasteiger charge is -2.16. The van der Waals surface area contributed by atoms with Crippen molar-refractivity contribution >= 4 is 6.03 Å². The molecule has 2 N–H and O–H groups in total. The molecule has 0 spiro atoms. The van der Waals surface area contributed by atoms with E-state index in [0.717, 1.165) is 16.9 Å². The Morgan fingerprint density at radius 3 is 2.58 bits per heavy atom. The highest BCUT2D eigenvalue weighted by molar-refractivity contribution is 5.75. The zero-order valence-corrected chi connectivity index (χ0v) is 14.6. The largest absolute Gasteiger partial charge is 0.496 e. The second-order valence-corrected chi connectivity index (χ2v) is 5.66. The number of aromatic nitrogens is 2. The summed E-state index contributed by atoms with van der Waals surface area (Å²) in [5.41, 5.74) is 1.73. The van der Waals surface area contributed by atoms with Crippen LogP contribution in [0.2, 0.25) is 0 Å². The lowest BCUT2D eigenvalue weighted by molar-refractivity contribution is 0.235. The number of rotatable bonds is 6. The number of para-hydroxylation sites is 1. The van der Waals surface area contributed by atoms with Crippen molar-refractivity contribution in [3.05, 3.63) is 77.4 Å². The minimum atomic E-state index is -0.532. The third-order valence-corrected chi connectivity index (χ3v) is 3.83. The summed E-state index contributed by atoms with van der Waals surface area (Å²) in [6, 6.07) is 16.1. The maximum Gasteiger partial charge on any atom is 0.315 e. The highest BCUT2D eigenvalue weighted by atomic mass is 16.5. The lowest BCUT2D eigenvalue weighted by Crippen LogP contribution is -2.38. The molecular weight excluding hydrogens is 332 g/mol. The van der Waals surface area contributed by atoms with Gasteiger partial charge in [0.05, 0.1) is 7.11 Å². The SMILES string of the molecule is COc1ccccc1CNC(=O)N[C@H](c1ccccc1)c1nc(C)no1. The van der Waals surface area contributed by atoms with Crippen LogP contribution in [0, 0.1) is 6.92 Å². The van der Waals surface area contributed by atoms with Gasteiger partial charge in [-0.1, -0.05) is 53.7 Å². The molecule has 1 aromatic heterocycles. The molecule has 0 saturated carbocycles. The fraction of sp³-hybridized carbons (Fsp3) is 0.211. The third-order valence-electron chi connectivity index (χ3n) is 3.83. The molecule has 3 rings (SSSR count). The van der Waals surface area contributed by atoms with Crippen molar-refractivity contribution in [1.82, 2.24) is 20.8 Å². The molecule has 0 unspecified atom stereocenters. The average molecular weight is 352 g/mol. The van der Waals surface area contributed by atoms with Crippen molar-refractivity contribution in [1.29, 1.82) is 0 Å².